The van der Waals surface area contributed by atoms with E-state index in [1.807, 2.05) is 0 Å². The Bertz CT molecular complexity index is 283. The first-order valence-electron chi connectivity index (χ1n) is 8.61. The van der Waals surface area contributed by atoms with E-state index in [9.17, 15) is 9.46 Å². The van der Waals surface area contributed by atoms with Crippen molar-refractivity contribution in [2.75, 3.05) is 12.8 Å². The monoisotopic (exact) mass is 322 g/mol. The van der Waals surface area contributed by atoms with Crippen LogP contribution in [-0.4, -0.2) is 17.7 Å². The summed E-state index contributed by atoms with van der Waals surface area (Å²) in [5.74, 6) is 0.651. The van der Waals surface area contributed by atoms with E-state index in [0.29, 0.717) is 12.5 Å². The molecule has 0 aliphatic carbocycles. The quantitative estimate of drug-likeness (QED) is 0.259. The van der Waals surface area contributed by atoms with Crippen LogP contribution in [0.2, 0.25) is 0 Å². The molecule has 0 aromatic carbocycles. The highest BCUT2D eigenvalue weighted by molar-refractivity contribution is 7.52. The van der Waals surface area contributed by atoms with Crippen LogP contribution in [-0.2, 0) is 14.1 Å². The van der Waals surface area contributed by atoms with Crippen LogP contribution >= 0.6 is 7.60 Å². The van der Waals surface area contributed by atoms with Gasteiger partial charge in [-0.05, 0) is 24.7 Å². The predicted octanol–water partition coefficient (Wildman–Crippen LogP) is 5.55. The number of hydrogen-bond donors (Lipinski definition) is 1. The third-order valence-electron chi connectivity index (χ3n) is 4.05. The van der Waals surface area contributed by atoms with Crippen molar-refractivity contribution in [2.24, 2.45) is 11.8 Å². The van der Waals surface area contributed by atoms with Crippen molar-refractivity contribution in [3.63, 3.8) is 0 Å². The molecule has 0 spiro atoms. The van der Waals surface area contributed by atoms with Crippen LogP contribution in [0.3, 0.4) is 0 Å². The SMILES string of the molecule is CCCCC(CC)COOP(=O)(O)CC(CC)CCCC. The second-order valence-corrected chi connectivity index (χ2v) is 7.80. The molecule has 1 N–H and O–H groups in total. The molecule has 0 aromatic heterocycles. The molecule has 128 valence electrons. The smallest absolute Gasteiger partial charge is 0.323 e. The minimum atomic E-state index is -3.62. The van der Waals surface area contributed by atoms with Gasteiger partial charge in [0.2, 0.25) is 0 Å². The van der Waals surface area contributed by atoms with Gasteiger partial charge in [-0.2, -0.15) is 0 Å². The molecule has 5 heteroatoms. The maximum absolute atomic E-state index is 12.0. The van der Waals surface area contributed by atoms with Crippen LogP contribution in [0.15, 0.2) is 0 Å². The van der Waals surface area contributed by atoms with Gasteiger partial charge in [0.1, 0.15) is 0 Å². The normalized spacial score (nSPS) is 17.4. The van der Waals surface area contributed by atoms with Crippen LogP contribution in [0.25, 0.3) is 0 Å². The summed E-state index contributed by atoms with van der Waals surface area (Å²) in [7, 11) is -3.62. The lowest BCUT2D eigenvalue weighted by atomic mass is 10.0. The molecule has 4 nitrogen and oxygen atoms in total. The van der Waals surface area contributed by atoms with Crippen LogP contribution < -0.4 is 0 Å². The zero-order valence-corrected chi connectivity index (χ0v) is 15.2. The largest absolute Gasteiger partial charge is 0.355 e. The van der Waals surface area contributed by atoms with Crippen molar-refractivity contribution < 1.29 is 19.0 Å². The van der Waals surface area contributed by atoms with Gasteiger partial charge in [-0.25, -0.2) is 4.89 Å². The average Bonchev–Trinajstić information content (AvgIpc) is 2.46. The fourth-order valence-corrected chi connectivity index (χ4v) is 3.76. The summed E-state index contributed by atoms with van der Waals surface area (Å²) in [5, 5.41) is 0. The highest BCUT2D eigenvalue weighted by Crippen LogP contribution is 2.45. The van der Waals surface area contributed by atoms with E-state index in [0.717, 1.165) is 51.4 Å². The zero-order valence-electron chi connectivity index (χ0n) is 14.3. The highest BCUT2D eigenvalue weighted by Gasteiger charge is 2.26. The molecule has 0 rings (SSSR count). The number of rotatable bonds is 14. The summed E-state index contributed by atoms with van der Waals surface area (Å²) in [4.78, 5) is 15.0. The molecule has 0 heterocycles. The molecule has 0 saturated carbocycles. The topological polar surface area (TPSA) is 55.8 Å². The maximum Gasteiger partial charge on any atom is 0.355 e. The first kappa shape index (κ1) is 21.1. The second kappa shape index (κ2) is 12.6. The Balaban J connectivity index is 4.06. The van der Waals surface area contributed by atoms with Crippen molar-refractivity contribution in [3.05, 3.63) is 0 Å². The standard InChI is InChI=1S/C16H35O4P/c1-5-9-11-15(7-3)13-19-20-21(17,18)14-16(8-4)12-10-6-2/h15-16H,5-14H2,1-4H3,(H,17,18). The molecule has 0 aromatic rings. The van der Waals surface area contributed by atoms with E-state index in [-0.39, 0.29) is 12.1 Å². The second-order valence-electron chi connectivity index (χ2n) is 6.01. The van der Waals surface area contributed by atoms with Crippen molar-refractivity contribution in [2.45, 2.75) is 79.1 Å². The van der Waals surface area contributed by atoms with Crippen molar-refractivity contribution in [1.82, 2.24) is 0 Å². The lowest BCUT2D eigenvalue weighted by molar-refractivity contribution is -0.223. The average molecular weight is 322 g/mol. The van der Waals surface area contributed by atoms with Crippen LogP contribution in [0.1, 0.15) is 79.1 Å². The molecular weight excluding hydrogens is 287 g/mol. The minimum Gasteiger partial charge on any atom is -0.323 e. The Morgan fingerprint density at radius 3 is 1.95 bits per heavy atom. The van der Waals surface area contributed by atoms with Crippen LogP contribution in [0.4, 0.5) is 0 Å². The number of unbranched alkanes of at least 4 members (excludes halogenated alkanes) is 2. The molecule has 0 fully saturated rings. The third-order valence-corrected chi connectivity index (χ3v) is 5.36. The summed E-state index contributed by atoms with van der Waals surface area (Å²) in [5.41, 5.74) is 0. The Morgan fingerprint density at radius 2 is 1.48 bits per heavy atom. The summed E-state index contributed by atoms with van der Waals surface area (Å²) in [6.45, 7) is 8.87. The third kappa shape index (κ3) is 11.3. The Labute approximate surface area is 131 Å². The summed E-state index contributed by atoms with van der Waals surface area (Å²) < 4.78 is 16.9. The van der Waals surface area contributed by atoms with Gasteiger partial charge in [0.15, 0.2) is 0 Å². The van der Waals surface area contributed by atoms with Gasteiger partial charge in [-0.1, -0.05) is 66.2 Å². The minimum absolute atomic E-state index is 0.204. The highest BCUT2D eigenvalue weighted by atomic mass is 31.2. The van der Waals surface area contributed by atoms with E-state index < -0.39 is 7.60 Å². The predicted molar refractivity (Wildman–Crippen MR) is 88.3 cm³/mol. The zero-order chi connectivity index (χ0) is 16.1. The molecule has 3 unspecified atom stereocenters. The van der Waals surface area contributed by atoms with Crippen molar-refractivity contribution in [3.8, 4) is 0 Å². The van der Waals surface area contributed by atoms with Gasteiger partial charge < -0.3 is 4.89 Å². The molecule has 0 aliphatic heterocycles. The van der Waals surface area contributed by atoms with Gasteiger partial charge in [0, 0.05) is 0 Å². The fourth-order valence-electron chi connectivity index (χ4n) is 2.38. The van der Waals surface area contributed by atoms with Gasteiger partial charge in [-0.3, -0.25) is 4.57 Å². The van der Waals surface area contributed by atoms with Crippen LogP contribution in [0.5, 0.6) is 0 Å². The summed E-state index contributed by atoms with van der Waals surface area (Å²) in [6.07, 6.45) is 8.70. The van der Waals surface area contributed by atoms with Crippen LogP contribution in [0, 0.1) is 11.8 Å². The Kier molecular flexibility index (Phi) is 12.7. The van der Waals surface area contributed by atoms with Crippen molar-refractivity contribution in [1.29, 1.82) is 0 Å². The van der Waals surface area contributed by atoms with Gasteiger partial charge >= 0.3 is 7.60 Å². The first-order valence-corrected chi connectivity index (χ1v) is 10.4. The molecule has 0 saturated heterocycles. The Hall–Kier alpha value is 0.110. The Morgan fingerprint density at radius 1 is 0.952 bits per heavy atom. The van der Waals surface area contributed by atoms with E-state index in [2.05, 4.69) is 27.7 Å². The molecule has 0 radical (unpaired) electrons. The van der Waals surface area contributed by atoms with E-state index in [1.54, 1.807) is 0 Å². The molecule has 0 aliphatic rings. The van der Waals surface area contributed by atoms with E-state index >= 15 is 0 Å². The maximum atomic E-state index is 12.0. The fraction of sp³-hybridized carbons (Fsp3) is 1.00. The van der Waals surface area contributed by atoms with E-state index in [1.165, 1.54) is 0 Å². The van der Waals surface area contributed by atoms with Gasteiger partial charge in [-0.15, -0.1) is 4.67 Å². The summed E-state index contributed by atoms with van der Waals surface area (Å²) in [6, 6.07) is 0. The first-order chi connectivity index (χ1) is 9.99. The molecule has 3 atom stereocenters. The van der Waals surface area contributed by atoms with E-state index in [4.69, 9.17) is 9.56 Å². The molecular formula is C16H35O4P. The lowest BCUT2D eigenvalue weighted by Crippen LogP contribution is -2.12. The molecule has 21 heavy (non-hydrogen) atoms. The van der Waals surface area contributed by atoms with Gasteiger partial charge in [0.25, 0.3) is 0 Å². The number of hydrogen-bond acceptors (Lipinski definition) is 3. The molecule has 0 amide bonds. The van der Waals surface area contributed by atoms with Crippen molar-refractivity contribution >= 4 is 7.60 Å². The van der Waals surface area contributed by atoms with Gasteiger partial charge in [0.05, 0.1) is 12.8 Å². The summed E-state index contributed by atoms with van der Waals surface area (Å²) >= 11 is 0. The lowest BCUT2D eigenvalue weighted by Gasteiger charge is -2.19. The molecule has 0 bridgehead atoms.